The summed E-state index contributed by atoms with van der Waals surface area (Å²) in [6.45, 7) is 6.46. The molecule has 0 aliphatic rings. The Morgan fingerprint density at radius 2 is 0.594 bits per heavy atom. The average molecular weight is 962 g/mol. The summed E-state index contributed by atoms with van der Waals surface area (Å²) in [4.78, 5) is 38.1. The number of hydrogen-bond donors (Lipinski definition) is 0. The summed E-state index contributed by atoms with van der Waals surface area (Å²) in [6.07, 6.45) is 74.5. The average Bonchev–Trinajstić information content (AvgIpc) is 3.35. The van der Waals surface area contributed by atoms with Crippen LogP contribution in [0.15, 0.2) is 85.1 Å². The second-order valence-electron chi connectivity index (χ2n) is 19.2. The van der Waals surface area contributed by atoms with Crippen molar-refractivity contribution in [2.24, 2.45) is 0 Å². The predicted molar refractivity (Wildman–Crippen MR) is 297 cm³/mol. The molecule has 0 aliphatic carbocycles. The molecule has 0 amide bonds. The van der Waals surface area contributed by atoms with Crippen LogP contribution < -0.4 is 0 Å². The molecule has 6 heteroatoms. The Kier molecular flexibility index (Phi) is 54.3. The second kappa shape index (κ2) is 57.2. The normalized spacial score (nSPS) is 12.7. The number of carbonyl (C=O) groups is 3. The molecule has 0 saturated heterocycles. The van der Waals surface area contributed by atoms with Gasteiger partial charge in [-0.3, -0.25) is 14.4 Å². The topological polar surface area (TPSA) is 78.9 Å². The fourth-order valence-electron chi connectivity index (χ4n) is 8.05. The monoisotopic (exact) mass is 961 g/mol. The number of hydrogen-bond acceptors (Lipinski definition) is 6. The third-order valence-corrected chi connectivity index (χ3v) is 12.4. The van der Waals surface area contributed by atoms with E-state index >= 15 is 0 Å². The van der Waals surface area contributed by atoms with Crippen molar-refractivity contribution in [3.05, 3.63) is 85.1 Å². The molecular weight excluding hydrogens is 853 g/mol. The van der Waals surface area contributed by atoms with Crippen LogP contribution in [0.2, 0.25) is 0 Å². The highest BCUT2D eigenvalue weighted by Crippen LogP contribution is 2.16. The summed E-state index contributed by atoms with van der Waals surface area (Å²) in [5, 5.41) is 0. The lowest BCUT2D eigenvalue weighted by molar-refractivity contribution is -0.166. The van der Waals surface area contributed by atoms with Gasteiger partial charge in [-0.15, -0.1) is 0 Å². The van der Waals surface area contributed by atoms with Crippen LogP contribution in [0.4, 0.5) is 0 Å². The van der Waals surface area contributed by atoms with Crippen molar-refractivity contribution in [1.82, 2.24) is 0 Å². The van der Waals surface area contributed by atoms with Crippen LogP contribution in [0.1, 0.15) is 278 Å². The maximum atomic E-state index is 12.9. The summed E-state index contributed by atoms with van der Waals surface area (Å²) in [6, 6.07) is 0. The number of rotatable bonds is 52. The van der Waals surface area contributed by atoms with E-state index in [0.29, 0.717) is 19.3 Å². The molecule has 0 aromatic rings. The van der Waals surface area contributed by atoms with Gasteiger partial charge >= 0.3 is 17.9 Å². The molecule has 0 rings (SSSR count). The minimum Gasteiger partial charge on any atom is -0.462 e. The Morgan fingerprint density at radius 3 is 0.971 bits per heavy atom. The Morgan fingerprint density at radius 1 is 0.304 bits per heavy atom. The van der Waals surface area contributed by atoms with Crippen molar-refractivity contribution in [2.75, 3.05) is 13.2 Å². The Hall–Kier alpha value is -3.41. The Balaban J connectivity index is 4.42. The second-order valence-corrected chi connectivity index (χ2v) is 19.2. The summed E-state index contributed by atoms with van der Waals surface area (Å²) < 4.78 is 16.8. The number of carbonyl (C=O) groups excluding carboxylic acids is 3. The van der Waals surface area contributed by atoms with Crippen LogP contribution in [-0.4, -0.2) is 37.2 Å². The standard InChI is InChI=1S/C63H108O6/c1-4-7-10-13-16-19-22-25-27-29-30-31-32-34-35-38-41-44-47-50-53-56-62(65)68-59-60(58-67-61(64)55-52-49-46-43-40-37-24-21-18-15-12-9-6-3)69-63(66)57-54-51-48-45-42-39-36-33-28-26-23-20-17-14-11-8-5-2/h9,12,18,21-22,25,29-30,32,34,37,40,46,49,60H,4-8,10-11,13-17,19-20,23-24,26-28,31,33,35-36,38-39,41-45,47-48,50-59H2,1-3H3/b12-9-,21-18-,25-22-,30-29-,34-32-,40-37-,49-46-. The first-order valence-corrected chi connectivity index (χ1v) is 29.1. The summed E-state index contributed by atoms with van der Waals surface area (Å²) in [5.41, 5.74) is 0. The van der Waals surface area contributed by atoms with Gasteiger partial charge in [0.25, 0.3) is 0 Å². The van der Waals surface area contributed by atoms with Gasteiger partial charge in [0, 0.05) is 19.3 Å². The molecule has 1 atom stereocenters. The summed E-state index contributed by atoms with van der Waals surface area (Å²) in [5.74, 6) is -0.992. The molecule has 0 heterocycles. The highest BCUT2D eigenvalue weighted by atomic mass is 16.6. The Labute approximate surface area is 426 Å². The minimum absolute atomic E-state index is 0.104. The lowest BCUT2D eigenvalue weighted by Gasteiger charge is -2.18. The lowest BCUT2D eigenvalue weighted by Crippen LogP contribution is -2.30. The van der Waals surface area contributed by atoms with Gasteiger partial charge in [0.1, 0.15) is 13.2 Å². The van der Waals surface area contributed by atoms with Gasteiger partial charge in [0.2, 0.25) is 0 Å². The van der Waals surface area contributed by atoms with E-state index in [0.717, 1.165) is 83.5 Å². The van der Waals surface area contributed by atoms with E-state index in [9.17, 15) is 14.4 Å². The molecule has 1 unspecified atom stereocenters. The van der Waals surface area contributed by atoms with Gasteiger partial charge in [-0.25, -0.2) is 0 Å². The zero-order valence-corrected chi connectivity index (χ0v) is 45.3. The third kappa shape index (κ3) is 55.4. The highest BCUT2D eigenvalue weighted by Gasteiger charge is 2.19. The first-order valence-electron chi connectivity index (χ1n) is 29.1. The van der Waals surface area contributed by atoms with E-state index in [1.54, 1.807) is 0 Å². The van der Waals surface area contributed by atoms with Crippen LogP contribution in [0.3, 0.4) is 0 Å². The van der Waals surface area contributed by atoms with Crippen LogP contribution >= 0.6 is 0 Å². The zero-order valence-electron chi connectivity index (χ0n) is 45.3. The minimum atomic E-state index is -0.810. The SMILES string of the molecule is CC/C=C\C/C=C\C/C=C\C/C=C\CCC(=O)OCC(COC(=O)CCCCCCCC/C=C\C/C=C\C/C=C\CCCCCCC)OC(=O)CCCCCCCCCCCCCCCCCCC. The largest absolute Gasteiger partial charge is 0.462 e. The molecule has 396 valence electrons. The van der Waals surface area contributed by atoms with Crippen molar-refractivity contribution < 1.29 is 28.6 Å². The Bertz CT molecular complexity index is 1330. The molecule has 0 radical (unpaired) electrons. The highest BCUT2D eigenvalue weighted by molar-refractivity contribution is 5.71. The molecule has 0 spiro atoms. The number of unbranched alkanes of at least 4 members (excludes halogenated alkanes) is 27. The fraction of sp³-hybridized carbons (Fsp3) is 0.730. The molecule has 0 aromatic heterocycles. The van der Waals surface area contributed by atoms with E-state index in [4.69, 9.17) is 14.2 Å². The van der Waals surface area contributed by atoms with Crippen molar-refractivity contribution in [3.8, 4) is 0 Å². The van der Waals surface area contributed by atoms with Crippen molar-refractivity contribution in [1.29, 1.82) is 0 Å². The molecule has 69 heavy (non-hydrogen) atoms. The van der Waals surface area contributed by atoms with Crippen LogP contribution in [-0.2, 0) is 28.6 Å². The first-order chi connectivity index (χ1) is 34.0. The molecule has 0 aliphatic heterocycles. The van der Waals surface area contributed by atoms with Gasteiger partial charge in [-0.05, 0) is 83.5 Å². The lowest BCUT2D eigenvalue weighted by atomic mass is 10.0. The van der Waals surface area contributed by atoms with E-state index in [2.05, 4.69) is 99.8 Å². The molecule has 6 nitrogen and oxygen atoms in total. The smallest absolute Gasteiger partial charge is 0.306 e. The predicted octanol–water partition coefficient (Wildman–Crippen LogP) is 19.5. The molecule has 0 fully saturated rings. The van der Waals surface area contributed by atoms with Gasteiger partial charge in [-0.1, -0.05) is 260 Å². The van der Waals surface area contributed by atoms with Gasteiger partial charge in [0.15, 0.2) is 6.10 Å². The van der Waals surface area contributed by atoms with E-state index in [-0.39, 0.29) is 37.5 Å². The van der Waals surface area contributed by atoms with E-state index < -0.39 is 6.10 Å². The van der Waals surface area contributed by atoms with Crippen LogP contribution in [0, 0.1) is 0 Å². The molecule has 0 saturated carbocycles. The summed E-state index contributed by atoms with van der Waals surface area (Å²) >= 11 is 0. The van der Waals surface area contributed by atoms with E-state index in [1.807, 2.05) is 6.08 Å². The quantitative estimate of drug-likeness (QED) is 0.0262. The maximum Gasteiger partial charge on any atom is 0.306 e. The van der Waals surface area contributed by atoms with Gasteiger partial charge < -0.3 is 14.2 Å². The fourth-order valence-corrected chi connectivity index (χ4v) is 8.05. The van der Waals surface area contributed by atoms with Gasteiger partial charge in [-0.2, -0.15) is 0 Å². The first kappa shape index (κ1) is 65.6. The summed E-state index contributed by atoms with van der Waals surface area (Å²) in [7, 11) is 0. The van der Waals surface area contributed by atoms with Gasteiger partial charge in [0.05, 0.1) is 0 Å². The van der Waals surface area contributed by atoms with Crippen molar-refractivity contribution in [2.45, 2.75) is 284 Å². The number of allylic oxidation sites excluding steroid dienone is 14. The van der Waals surface area contributed by atoms with Crippen molar-refractivity contribution in [3.63, 3.8) is 0 Å². The number of ether oxygens (including phenoxy) is 3. The molecule has 0 N–H and O–H groups in total. The third-order valence-electron chi connectivity index (χ3n) is 12.4. The van der Waals surface area contributed by atoms with E-state index in [1.165, 1.54) is 148 Å². The van der Waals surface area contributed by atoms with Crippen molar-refractivity contribution >= 4 is 17.9 Å². The molecule has 0 aromatic carbocycles. The maximum absolute atomic E-state index is 12.9. The zero-order chi connectivity index (χ0) is 50.0. The molecule has 0 bridgehead atoms. The van der Waals surface area contributed by atoms with Crippen LogP contribution in [0.5, 0.6) is 0 Å². The molecular formula is C63H108O6. The number of esters is 3. The van der Waals surface area contributed by atoms with Crippen LogP contribution in [0.25, 0.3) is 0 Å².